The Bertz CT molecular complexity index is 2000. The molecule has 0 radical (unpaired) electrons. The van der Waals surface area contributed by atoms with Crippen LogP contribution < -0.4 is 10.6 Å². The molecule has 250 valence electrons. The molecule has 0 aromatic heterocycles. The summed E-state index contributed by atoms with van der Waals surface area (Å²) in [6.07, 6.45) is 0. The van der Waals surface area contributed by atoms with Gasteiger partial charge >= 0.3 is 13.3 Å². The molecule has 0 aliphatic heterocycles. The highest BCUT2D eigenvalue weighted by Crippen LogP contribution is 2.52. The fourth-order valence-electron chi connectivity index (χ4n) is 6.61. The number of carbonyl (C=O) groups is 3. The van der Waals surface area contributed by atoms with E-state index < -0.39 is 26.0 Å². The predicted molar refractivity (Wildman–Crippen MR) is 202 cm³/mol. The third kappa shape index (κ3) is 7.86. The molecule has 7 heteroatoms. The molecule has 1 atom stereocenters. The summed E-state index contributed by atoms with van der Waals surface area (Å²) in [7, 11) is -6.16. The van der Waals surface area contributed by atoms with Gasteiger partial charge in [0.1, 0.15) is 0 Å². The number of benzene rings is 5. The molecule has 0 spiro atoms. The van der Waals surface area contributed by atoms with Gasteiger partial charge in [0.05, 0.1) is 5.56 Å². The second kappa shape index (κ2) is 15.3. The lowest BCUT2D eigenvalue weighted by atomic mass is 10.0. The van der Waals surface area contributed by atoms with Crippen LogP contribution in [0.15, 0.2) is 97.1 Å². The van der Waals surface area contributed by atoms with Crippen LogP contribution in [-0.2, 0) is 9.13 Å². The van der Waals surface area contributed by atoms with Crippen molar-refractivity contribution in [1.82, 2.24) is 0 Å². The predicted octanol–water partition coefficient (Wildman–Crippen LogP) is 10.1. The third-order valence-corrected chi connectivity index (χ3v) is 12.5. The smallest absolute Gasteiger partial charge is 0.302 e. The third-order valence-electron chi connectivity index (χ3n) is 8.54. The molecule has 49 heavy (non-hydrogen) atoms. The minimum absolute atomic E-state index is 0.277. The first-order valence-corrected chi connectivity index (χ1v) is 19.1. The first-order chi connectivity index (χ1) is 23.1. The van der Waals surface area contributed by atoms with E-state index in [4.69, 9.17) is 0 Å². The number of aryl methyl sites for hydroxylation is 9. The average Bonchev–Trinajstić information content (AvgIpc) is 3.03. The Morgan fingerprint density at radius 2 is 0.776 bits per heavy atom. The molecule has 5 rings (SSSR count). The van der Waals surface area contributed by atoms with Gasteiger partial charge in [-0.3, -0.25) is 9.59 Å². The molecule has 0 fully saturated rings. The zero-order valence-electron chi connectivity index (χ0n) is 29.7. The molecule has 1 unspecified atom stereocenters. The van der Waals surface area contributed by atoms with Crippen molar-refractivity contribution in [3.05, 3.63) is 164 Å². The first kappa shape index (κ1) is 37.3. The summed E-state index contributed by atoms with van der Waals surface area (Å²) >= 11 is 0. The summed E-state index contributed by atoms with van der Waals surface area (Å²) in [4.78, 5) is 40.1. The summed E-state index contributed by atoms with van der Waals surface area (Å²) in [6, 6.07) is 28.8. The monoisotopic (exact) mass is 689 g/mol. The highest BCUT2D eigenvalue weighted by Gasteiger charge is 2.44. The van der Waals surface area contributed by atoms with Crippen LogP contribution >= 0.6 is 14.9 Å². The topological polar surface area (TPSA) is 85.3 Å². The van der Waals surface area contributed by atoms with Gasteiger partial charge in [-0.05, 0) is 108 Å². The lowest BCUT2D eigenvalue weighted by Gasteiger charge is -2.21. The minimum atomic E-state index is -4.11. The normalized spacial score (nSPS) is 11.3. The number of hydrogen-bond acceptors (Lipinski definition) is 5. The molecule has 0 bridgehead atoms. The molecule has 0 saturated heterocycles. The quantitative estimate of drug-likeness (QED) is 0.151. The van der Waals surface area contributed by atoms with E-state index in [0.717, 1.165) is 50.1 Å². The number of hydrogen-bond donors (Lipinski definition) is 0. The lowest BCUT2D eigenvalue weighted by Crippen LogP contribution is -2.23. The van der Waals surface area contributed by atoms with Crippen molar-refractivity contribution in [1.29, 1.82) is 0 Å². The Balaban J connectivity index is 0.000000244. The molecule has 0 aliphatic rings. The molecule has 0 aliphatic carbocycles. The van der Waals surface area contributed by atoms with Crippen LogP contribution in [0.3, 0.4) is 0 Å². The Hall–Kier alpha value is -4.56. The maximum atomic E-state index is 14.5. The second-order valence-corrected chi connectivity index (χ2v) is 16.9. The summed E-state index contributed by atoms with van der Waals surface area (Å²) < 4.78 is 26.8. The maximum Gasteiger partial charge on any atom is 0.458 e. The molecule has 5 aromatic rings. The van der Waals surface area contributed by atoms with E-state index in [1.807, 2.05) is 105 Å². The van der Waals surface area contributed by atoms with Gasteiger partial charge in [-0.1, -0.05) is 106 Å². The Kier molecular flexibility index (Phi) is 11.7. The average molecular weight is 690 g/mol. The SMILES string of the molecule is Cc1cc(C)c(C(=O)P(=O)(C(=O)c2c(C)cc(C)cc2C)c2ccccc2)c(C)c1.Cc1cc(C)c(C(=O)[P+](=O)c2ccccc2)c(C)c1. The second-order valence-electron chi connectivity index (χ2n) is 12.8. The molecule has 0 heterocycles. The van der Waals surface area contributed by atoms with Gasteiger partial charge in [0.25, 0.3) is 0 Å². The minimum Gasteiger partial charge on any atom is -0.302 e. The van der Waals surface area contributed by atoms with Crippen molar-refractivity contribution in [3.63, 3.8) is 0 Å². The first-order valence-electron chi connectivity index (χ1n) is 16.1. The van der Waals surface area contributed by atoms with Crippen LogP contribution in [0.2, 0.25) is 0 Å². The van der Waals surface area contributed by atoms with Crippen LogP contribution in [0.5, 0.6) is 0 Å². The van der Waals surface area contributed by atoms with E-state index >= 15 is 0 Å². The maximum absolute atomic E-state index is 14.5. The molecular formula is C42H43O5P2+. The van der Waals surface area contributed by atoms with Crippen LogP contribution in [-0.4, -0.2) is 16.6 Å². The van der Waals surface area contributed by atoms with E-state index in [2.05, 4.69) is 0 Å². The zero-order chi connectivity index (χ0) is 36.2. The van der Waals surface area contributed by atoms with E-state index in [9.17, 15) is 23.5 Å². The molecule has 0 amide bonds. The summed E-state index contributed by atoms with van der Waals surface area (Å²) in [5.74, 6) is 0. The molecule has 5 aromatic carbocycles. The van der Waals surface area contributed by atoms with Crippen LogP contribution in [0, 0.1) is 62.3 Å². The largest absolute Gasteiger partial charge is 0.458 e. The van der Waals surface area contributed by atoms with Crippen molar-refractivity contribution in [2.75, 3.05) is 0 Å². The molecule has 5 nitrogen and oxygen atoms in total. The van der Waals surface area contributed by atoms with Gasteiger partial charge in [-0.15, -0.1) is 0 Å². The molecule has 0 N–H and O–H groups in total. The van der Waals surface area contributed by atoms with E-state index in [-0.39, 0.29) is 10.8 Å². The zero-order valence-corrected chi connectivity index (χ0v) is 31.5. The van der Waals surface area contributed by atoms with Gasteiger partial charge in [-0.25, -0.2) is 4.79 Å². The van der Waals surface area contributed by atoms with Gasteiger partial charge < -0.3 is 4.57 Å². The number of carbonyl (C=O) groups excluding carboxylic acids is 3. The van der Waals surface area contributed by atoms with Gasteiger partial charge in [0.2, 0.25) is 18.2 Å². The fourth-order valence-corrected chi connectivity index (χ4v) is 10.4. The van der Waals surface area contributed by atoms with Crippen molar-refractivity contribution in [3.8, 4) is 0 Å². The standard InChI is InChI=1S/C26H27O3P.C16H16O2P/c1-16-12-18(3)23(19(4)13-16)25(27)30(29,22-10-8-7-9-11-22)26(28)24-20(5)14-17(2)15-21(24)6;1-11-9-12(2)15(13(3)10-11)16(17)19(18)14-7-5-4-6-8-14/h7-15H,1-6H3;4-10H,1-3H3/q;+1. The van der Waals surface area contributed by atoms with Crippen LogP contribution in [0.25, 0.3) is 0 Å². The van der Waals surface area contributed by atoms with Gasteiger partial charge in [0.15, 0.2) is 5.30 Å². The van der Waals surface area contributed by atoms with E-state index in [0.29, 0.717) is 22.0 Å². The Labute approximate surface area is 291 Å². The van der Waals surface area contributed by atoms with Gasteiger partial charge in [0, 0.05) is 16.4 Å². The summed E-state index contributed by atoms with van der Waals surface area (Å²) in [5.41, 5.74) is 7.76. The lowest BCUT2D eigenvalue weighted by molar-refractivity contribution is 0.103. The summed E-state index contributed by atoms with van der Waals surface area (Å²) in [5, 5.41) is 0.862. The van der Waals surface area contributed by atoms with Gasteiger partial charge in [-0.2, -0.15) is 0 Å². The highest BCUT2D eigenvalue weighted by molar-refractivity contribution is 8.01. The van der Waals surface area contributed by atoms with Crippen molar-refractivity contribution in [2.45, 2.75) is 62.3 Å². The molecule has 0 saturated carbocycles. The van der Waals surface area contributed by atoms with Crippen LogP contribution in [0.4, 0.5) is 0 Å². The summed E-state index contributed by atoms with van der Waals surface area (Å²) in [6.45, 7) is 17.0. The number of rotatable bonds is 8. The Morgan fingerprint density at radius 1 is 0.469 bits per heavy atom. The Morgan fingerprint density at radius 3 is 1.12 bits per heavy atom. The fraction of sp³-hybridized carbons (Fsp3) is 0.214. The van der Waals surface area contributed by atoms with E-state index in [1.165, 1.54) is 0 Å². The van der Waals surface area contributed by atoms with Crippen molar-refractivity contribution >= 4 is 42.1 Å². The highest BCUT2D eigenvalue weighted by atomic mass is 31.2. The van der Waals surface area contributed by atoms with Crippen molar-refractivity contribution in [2.24, 2.45) is 0 Å². The molecular weight excluding hydrogens is 646 g/mol. The van der Waals surface area contributed by atoms with Crippen LogP contribution in [0.1, 0.15) is 81.1 Å². The van der Waals surface area contributed by atoms with Crippen molar-refractivity contribution < 1.29 is 23.5 Å². The van der Waals surface area contributed by atoms with E-state index in [1.54, 1.807) is 54.6 Å².